The smallest absolute Gasteiger partial charge is 0.152 e. The minimum Gasteiger partial charge on any atom is -0.339 e. The predicted octanol–water partition coefficient (Wildman–Crippen LogP) is 2.82. The largest absolute Gasteiger partial charge is 0.339 e. The molecule has 78 valence electrons. The monoisotopic (exact) mass is 222 g/mol. The van der Waals surface area contributed by atoms with E-state index in [1.165, 1.54) is 0 Å². The molecule has 2 aromatic rings. The minimum absolute atomic E-state index is 0.477. The van der Waals surface area contributed by atoms with Crippen LogP contribution in [0.3, 0.4) is 0 Å². The number of hydrogen-bond acceptors (Lipinski definition) is 3. The summed E-state index contributed by atoms with van der Waals surface area (Å²) in [7, 11) is 0. The maximum Gasteiger partial charge on any atom is 0.152 e. The first-order valence-corrected chi connectivity index (χ1v) is 4.94. The molecule has 0 bridgehead atoms. The third-order valence-electron chi connectivity index (χ3n) is 1.90. The SMILES string of the molecule is Cc1cc(Nc2cc(C)[nH]n2)cc(Cl)n1. The van der Waals surface area contributed by atoms with E-state index in [4.69, 9.17) is 11.6 Å². The standard InChI is InChI=1S/C10H11ClN4/c1-6-3-8(5-9(11)12-6)13-10-4-7(2)14-15-10/h3-5H,1-2H3,(H2,12,13,14,15). The predicted molar refractivity (Wildman–Crippen MR) is 60.6 cm³/mol. The number of nitrogens with zero attached hydrogens (tertiary/aromatic N) is 2. The van der Waals surface area contributed by atoms with E-state index in [0.29, 0.717) is 5.15 Å². The van der Waals surface area contributed by atoms with Crippen molar-refractivity contribution in [1.82, 2.24) is 15.2 Å². The van der Waals surface area contributed by atoms with Gasteiger partial charge in [-0.1, -0.05) is 11.6 Å². The van der Waals surface area contributed by atoms with E-state index in [0.717, 1.165) is 22.9 Å². The molecule has 2 N–H and O–H groups in total. The van der Waals surface area contributed by atoms with Crippen LogP contribution in [0.1, 0.15) is 11.4 Å². The first kappa shape index (κ1) is 9.98. The normalized spacial score (nSPS) is 10.3. The molecule has 0 radical (unpaired) electrons. The van der Waals surface area contributed by atoms with E-state index in [9.17, 15) is 0 Å². The Morgan fingerprint density at radius 3 is 2.67 bits per heavy atom. The summed E-state index contributed by atoms with van der Waals surface area (Å²) in [6.45, 7) is 3.84. The summed E-state index contributed by atoms with van der Waals surface area (Å²) in [5.74, 6) is 0.772. The Balaban J connectivity index is 2.24. The Labute approximate surface area is 92.7 Å². The number of aromatic amines is 1. The molecule has 2 rings (SSSR count). The minimum atomic E-state index is 0.477. The van der Waals surface area contributed by atoms with Gasteiger partial charge in [-0.05, 0) is 26.0 Å². The van der Waals surface area contributed by atoms with Crippen molar-refractivity contribution in [3.05, 3.63) is 34.7 Å². The summed E-state index contributed by atoms with van der Waals surface area (Å²) in [5, 5.41) is 10.5. The number of hydrogen-bond donors (Lipinski definition) is 2. The lowest BCUT2D eigenvalue weighted by molar-refractivity contribution is 1.05. The van der Waals surface area contributed by atoms with E-state index in [2.05, 4.69) is 20.5 Å². The van der Waals surface area contributed by atoms with E-state index in [1.807, 2.05) is 26.0 Å². The van der Waals surface area contributed by atoms with Gasteiger partial charge in [-0.3, -0.25) is 5.10 Å². The van der Waals surface area contributed by atoms with Crippen molar-refractivity contribution in [2.24, 2.45) is 0 Å². The van der Waals surface area contributed by atoms with Crippen molar-refractivity contribution in [3.63, 3.8) is 0 Å². The molecule has 0 aliphatic rings. The number of aromatic nitrogens is 3. The Kier molecular flexibility index (Phi) is 2.60. The number of rotatable bonds is 2. The molecular weight excluding hydrogens is 212 g/mol. The van der Waals surface area contributed by atoms with Gasteiger partial charge >= 0.3 is 0 Å². The van der Waals surface area contributed by atoms with Crippen LogP contribution in [0.2, 0.25) is 5.15 Å². The molecule has 4 nitrogen and oxygen atoms in total. The number of anilines is 2. The van der Waals surface area contributed by atoms with E-state index < -0.39 is 0 Å². The lowest BCUT2D eigenvalue weighted by atomic mass is 10.3. The van der Waals surface area contributed by atoms with Crippen molar-refractivity contribution >= 4 is 23.1 Å². The summed E-state index contributed by atoms with van der Waals surface area (Å²) in [5.41, 5.74) is 2.77. The van der Waals surface area contributed by atoms with Gasteiger partial charge in [0.05, 0.1) is 0 Å². The molecule has 0 aliphatic carbocycles. The van der Waals surface area contributed by atoms with Gasteiger partial charge in [-0.25, -0.2) is 4.98 Å². The Hall–Kier alpha value is -1.55. The highest BCUT2D eigenvalue weighted by atomic mass is 35.5. The molecule has 0 unspecified atom stereocenters. The van der Waals surface area contributed by atoms with E-state index in [-0.39, 0.29) is 0 Å². The maximum atomic E-state index is 5.84. The van der Waals surface area contributed by atoms with Gasteiger partial charge in [0.2, 0.25) is 0 Å². The van der Waals surface area contributed by atoms with Crippen molar-refractivity contribution in [3.8, 4) is 0 Å². The molecule has 0 aromatic carbocycles. The molecule has 0 atom stereocenters. The highest BCUT2D eigenvalue weighted by Crippen LogP contribution is 2.19. The topological polar surface area (TPSA) is 53.6 Å². The second kappa shape index (κ2) is 3.90. The zero-order valence-electron chi connectivity index (χ0n) is 8.50. The average Bonchev–Trinajstić information content (AvgIpc) is 2.49. The van der Waals surface area contributed by atoms with Crippen LogP contribution in [0.5, 0.6) is 0 Å². The lowest BCUT2D eigenvalue weighted by Gasteiger charge is -2.03. The summed E-state index contributed by atoms with van der Waals surface area (Å²) in [6.07, 6.45) is 0. The highest BCUT2D eigenvalue weighted by Gasteiger charge is 2.01. The van der Waals surface area contributed by atoms with Crippen molar-refractivity contribution in [1.29, 1.82) is 0 Å². The van der Waals surface area contributed by atoms with Crippen LogP contribution >= 0.6 is 11.6 Å². The van der Waals surface area contributed by atoms with Gasteiger partial charge in [0, 0.05) is 23.1 Å². The van der Waals surface area contributed by atoms with Gasteiger partial charge in [-0.15, -0.1) is 0 Å². The molecule has 5 heteroatoms. The van der Waals surface area contributed by atoms with Crippen LogP contribution in [0.15, 0.2) is 18.2 Å². The Bertz CT molecular complexity index is 458. The first-order chi connectivity index (χ1) is 7.13. The zero-order chi connectivity index (χ0) is 10.8. The Morgan fingerprint density at radius 2 is 2.07 bits per heavy atom. The van der Waals surface area contributed by atoms with Crippen molar-refractivity contribution < 1.29 is 0 Å². The lowest BCUT2D eigenvalue weighted by Crippen LogP contribution is -1.92. The summed E-state index contributed by atoms with van der Waals surface area (Å²) < 4.78 is 0. The number of aryl methyl sites for hydroxylation is 2. The van der Waals surface area contributed by atoms with Gasteiger partial charge in [0.1, 0.15) is 5.15 Å². The number of pyridine rings is 1. The molecule has 2 aromatic heterocycles. The van der Waals surface area contributed by atoms with Crippen molar-refractivity contribution in [2.45, 2.75) is 13.8 Å². The molecule has 0 amide bonds. The molecule has 15 heavy (non-hydrogen) atoms. The third-order valence-corrected chi connectivity index (χ3v) is 2.09. The number of nitrogens with one attached hydrogen (secondary N) is 2. The number of H-pyrrole nitrogens is 1. The van der Waals surface area contributed by atoms with Gasteiger partial charge in [0.25, 0.3) is 0 Å². The molecule has 0 spiro atoms. The summed E-state index contributed by atoms with van der Waals surface area (Å²) >= 11 is 5.84. The molecule has 0 fully saturated rings. The fourth-order valence-corrected chi connectivity index (χ4v) is 1.58. The van der Waals surface area contributed by atoms with Gasteiger partial charge < -0.3 is 5.32 Å². The summed E-state index contributed by atoms with van der Waals surface area (Å²) in [6, 6.07) is 5.60. The number of halogens is 1. The van der Waals surface area contributed by atoms with Gasteiger partial charge in [0.15, 0.2) is 5.82 Å². The van der Waals surface area contributed by atoms with Crippen LogP contribution in [0.4, 0.5) is 11.5 Å². The van der Waals surface area contributed by atoms with E-state index >= 15 is 0 Å². The molecule has 2 heterocycles. The second-order valence-electron chi connectivity index (χ2n) is 3.38. The summed E-state index contributed by atoms with van der Waals surface area (Å²) in [4.78, 5) is 4.08. The fourth-order valence-electron chi connectivity index (χ4n) is 1.33. The van der Waals surface area contributed by atoms with Crippen LogP contribution < -0.4 is 5.32 Å². The Morgan fingerprint density at radius 1 is 1.27 bits per heavy atom. The quantitative estimate of drug-likeness (QED) is 0.769. The molecule has 0 saturated carbocycles. The highest BCUT2D eigenvalue weighted by molar-refractivity contribution is 6.29. The first-order valence-electron chi connectivity index (χ1n) is 4.57. The second-order valence-corrected chi connectivity index (χ2v) is 3.77. The average molecular weight is 223 g/mol. The van der Waals surface area contributed by atoms with Crippen LogP contribution in [-0.2, 0) is 0 Å². The third kappa shape index (κ3) is 2.47. The van der Waals surface area contributed by atoms with Crippen molar-refractivity contribution in [2.75, 3.05) is 5.32 Å². The maximum absolute atomic E-state index is 5.84. The van der Waals surface area contributed by atoms with Crippen LogP contribution in [-0.4, -0.2) is 15.2 Å². The molecule has 0 aliphatic heterocycles. The molecular formula is C10H11ClN4. The van der Waals surface area contributed by atoms with Gasteiger partial charge in [-0.2, -0.15) is 5.10 Å². The van der Waals surface area contributed by atoms with E-state index in [1.54, 1.807) is 6.07 Å². The van der Waals surface area contributed by atoms with Crippen LogP contribution in [0, 0.1) is 13.8 Å². The zero-order valence-corrected chi connectivity index (χ0v) is 9.26. The van der Waals surface area contributed by atoms with Crippen LogP contribution in [0.25, 0.3) is 0 Å². The fraction of sp³-hybridized carbons (Fsp3) is 0.200. The molecule has 0 saturated heterocycles.